The number of benzene rings is 2. The maximum atomic E-state index is 14.1. The van der Waals surface area contributed by atoms with Crippen molar-refractivity contribution >= 4 is 63.5 Å². The number of para-hydroxylation sites is 1. The minimum atomic E-state index is -0.326. The van der Waals surface area contributed by atoms with Crippen molar-refractivity contribution in [1.82, 2.24) is 9.80 Å². The van der Waals surface area contributed by atoms with Crippen LogP contribution in [0.15, 0.2) is 70.0 Å². The lowest BCUT2D eigenvalue weighted by Gasteiger charge is -2.36. The minimum Gasteiger partial charge on any atom is -0.457 e. The highest BCUT2D eigenvalue weighted by Crippen LogP contribution is 2.34. The number of halogens is 2. The number of carbonyl (C=O) groups is 2. The van der Waals surface area contributed by atoms with Gasteiger partial charge < -0.3 is 14.2 Å². The molecule has 1 aromatic heterocycles. The lowest BCUT2D eigenvalue weighted by Crippen LogP contribution is -2.51. The number of nitrogens with zero attached hydrogens (tertiary/aromatic N) is 3. The monoisotopic (exact) mass is 541 g/mol. The van der Waals surface area contributed by atoms with Gasteiger partial charge in [-0.2, -0.15) is 0 Å². The zero-order chi connectivity index (χ0) is 25.2. The Bertz CT molecular complexity index is 1350. The molecule has 2 amide bonds. The molecule has 2 aliphatic rings. The molecule has 0 saturated carbocycles. The molecule has 0 radical (unpaired) electrons. The Labute approximate surface area is 222 Å². The molecule has 0 aliphatic carbocycles. The first-order valence-electron chi connectivity index (χ1n) is 11.3. The van der Waals surface area contributed by atoms with Crippen LogP contribution in [0.3, 0.4) is 0 Å². The van der Waals surface area contributed by atoms with E-state index in [1.807, 2.05) is 23.1 Å². The molecule has 0 bridgehead atoms. The highest BCUT2D eigenvalue weighted by atomic mass is 35.5. The fourth-order valence-electron chi connectivity index (χ4n) is 4.11. The van der Waals surface area contributed by atoms with Crippen molar-refractivity contribution < 1.29 is 18.4 Å². The summed E-state index contributed by atoms with van der Waals surface area (Å²) in [6.45, 7) is 1.78. The first-order chi connectivity index (χ1) is 17.4. The Morgan fingerprint density at radius 2 is 1.78 bits per heavy atom. The molecule has 3 aromatic rings. The first-order valence-corrected chi connectivity index (χ1v) is 12.9. The zero-order valence-electron chi connectivity index (χ0n) is 19.0. The summed E-state index contributed by atoms with van der Waals surface area (Å²) in [5.74, 6) is 0.365. The fraction of sp³-hybridized carbons (Fsp3) is 0.192. The number of furan rings is 1. The van der Waals surface area contributed by atoms with Crippen molar-refractivity contribution in [2.24, 2.45) is 0 Å². The molecular weight excluding hydrogens is 521 g/mol. The van der Waals surface area contributed by atoms with Gasteiger partial charge in [-0.05, 0) is 48.5 Å². The summed E-state index contributed by atoms with van der Waals surface area (Å²) in [5.41, 5.74) is 1.40. The molecule has 2 saturated heterocycles. The summed E-state index contributed by atoms with van der Waals surface area (Å²) in [6, 6.07) is 17.5. The normalized spacial score (nSPS) is 17.4. The van der Waals surface area contributed by atoms with Crippen molar-refractivity contribution in [3.63, 3.8) is 0 Å². The summed E-state index contributed by atoms with van der Waals surface area (Å²) >= 11 is 12.5. The molecule has 6 nitrogen and oxygen atoms in total. The molecular formula is C26H21ClFN3O3S2. The number of amides is 2. The molecule has 10 heteroatoms. The van der Waals surface area contributed by atoms with Crippen LogP contribution in [0, 0.1) is 5.82 Å². The van der Waals surface area contributed by atoms with Crippen LogP contribution in [0.4, 0.5) is 10.1 Å². The molecule has 2 fully saturated rings. The lowest BCUT2D eigenvalue weighted by atomic mass is 10.2. The Kier molecular flexibility index (Phi) is 7.13. The number of piperazine rings is 1. The van der Waals surface area contributed by atoms with Crippen molar-refractivity contribution in [2.75, 3.05) is 37.6 Å². The molecule has 0 spiro atoms. The standard InChI is InChI=1S/C26H21ClFN3O3S2/c27-18-7-5-17(6-8-18)22-10-9-19(34-22)15-23-25(33)31(26(35)36-23)16-24(32)30-13-11-29(12-14-30)21-4-2-1-3-20(21)28/h1-10,15H,11-14,16H2/b23-15-. The molecule has 36 heavy (non-hydrogen) atoms. The van der Waals surface area contributed by atoms with E-state index in [1.165, 1.54) is 11.0 Å². The van der Waals surface area contributed by atoms with E-state index in [4.69, 9.17) is 28.2 Å². The Hall–Kier alpha value is -3.14. The average molecular weight is 542 g/mol. The van der Waals surface area contributed by atoms with Gasteiger partial charge in [0.15, 0.2) is 0 Å². The average Bonchev–Trinajstić information content (AvgIpc) is 3.45. The first kappa shape index (κ1) is 24.5. The molecule has 0 N–H and O–H groups in total. The number of rotatable bonds is 5. The van der Waals surface area contributed by atoms with Gasteiger partial charge in [0.05, 0.1) is 10.6 Å². The summed E-state index contributed by atoms with van der Waals surface area (Å²) in [7, 11) is 0. The molecule has 3 heterocycles. The van der Waals surface area contributed by atoms with E-state index < -0.39 is 0 Å². The topological polar surface area (TPSA) is 57.0 Å². The van der Waals surface area contributed by atoms with Crippen LogP contribution in [-0.2, 0) is 9.59 Å². The number of hydrogen-bond acceptors (Lipinski definition) is 6. The molecule has 184 valence electrons. The van der Waals surface area contributed by atoms with Gasteiger partial charge in [-0.15, -0.1) is 0 Å². The summed E-state index contributed by atoms with van der Waals surface area (Å²) in [4.78, 5) is 31.2. The second kappa shape index (κ2) is 10.5. The fourth-order valence-corrected chi connectivity index (χ4v) is 5.47. The Morgan fingerprint density at radius 3 is 2.50 bits per heavy atom. The Balaban J connectivity index is 1.20. The third kappa shape index (κ3) is 5.18. The van der Waals surface area contributed by atoms with Crippen LogP contribution >= 0.6 is 35.6 Å². The van der Waals surface area contributed by atoms with Gasteiger partial charge in [-0.25, -0.2) is 4.39 Å². The van der Waals surface area contributed by atoms with Crippen LogP contribution in [0.2, 0.25) is 5.02 Å². The van der Waals surface area contributed by atoms with E-state index >= 15 is 0 Å². The summed E-state index contributed by atoms with van der Waals surface area (Å²) in [5, 5.41) is 0.635. The van der Waals surface area contributed by atoms with Gasteiger partial charge in [0.25, 0.3) is 5.91 Å². The van der Waals surface area contributed by atoms with Gasteiger partial charge in [0, 0.05) is 42.8 Å². The predicted octanol–water partition coefficient (Wildman–Crippen LogP) is 5.29. The van der Waals surface area contributed by atoms with Gasteiger partial charge in [0.2, 0.25) is 5.91 Å². The van der Waals surface area contributed by atoms with Gasteiger partial charge in [-0.3, -0.25) is 14.5 Å². The molecule has 0 unspecified atom stereocenters. The van der Waals surface area contributed by atoms with Crippen LogP contribution < -0.4 is 4.90 Å². The molecule has 5 rings (SSSR count). The van der Waals surface area contributed by atoms with E-state index in [0.29, 0.717) is 57.6 Å². The van der Waals surface area contributed by atoms with E-state index in [0.717, 1.165) is 17.3 Å². The van der Waals surface area contributed by atoms with Crippen molar-refractivity contribution in [1.29, 1.82) is 0 Å². The largest absolute Gasteiger partial charge is 0.457 e. The summed E-state index contributed by atoms with van der Waals surface area (Å²) in [6.07, 6.45) is 1.64. The third-order valence-electron chi connectivity index (χ3n) is 6.02. The highest BCUT2D eigenvalue weighted by Gasteiger charge is 2.35. The molecule has 2 aromatic carbocycles. The third-order valence-corrected chi connectivity index (χ3v) is 7.65. The van der Waals surface area contributed by atoms with Crippen molar-refractivity contribution in [2.45, 2.75) is 0 Å². The number of hydrogen-bond donors (Lipinski definition) is 0. The number of thiocarbonyl (C=S) groups is 1. The maximum Gasteiger partial charge on any atom is 0.266 e. The maximum absolute atomic E-state index is 14.1. The van der Waals surface area contributed by atoms with Gasteiger partial charge >= 0.3 is 0 Å². The summed E-state index contributed by atoms with van der Waals surface area (Å²) < 4.78 is 20.3. The van der Waals surface area contributed by atoms with Crippen LogP contribution in [-0.4, -0.2) is 58.7 Å². The van der Waals surface area contributed by atoms with Crippen molar-refractivity contribution in [3.8, 4) is 11.3 Å². The lowest BCUT2D eigenvalue weighted by molar-refractivity contribution is -0.135. The Morgan fingerprint density at radius 1 is 1.06 bits per heavy atom. The highest BCUT2D eigenvalue weighted by molar-refractivity contribution is 8.26. The molecule has 2 aliphatic heterocycles. The minimum absolute atomic E-state index is 0.129. The predicted molar refractivity (Wildman–Crippen MR) is 144 cm³/mol. The van der Waals surface area contributed by atoms with Gasteiger partial charge in [-0.1, -0.05) is 47.7 Å². The van der Waals surface area contributed by atoms with Crippen LogP contribution in [0.25, 0.3) is 17.4 Å². The number of carbonyl (C=O) groups excluding carboxylic acids is 2. The quantitative estimate of drug-likeness (QED) is 0.323. The van der Waals surface area contributed by atoms with Crippen LogP contribution in [0.5, 0.6) is 0 Å². The second-order valence-electron chi connectivity index (χ2n) is 8.30. The van der Waals surface area contributed by atoms with E-state index in [2.05, 4.69) is 0 Å². The van der Waals surface area contributed by atoms with Crippen molar-refractivity contribution in [3.05, 3.63) is 82.2 Å². The number of anilines is 1. The number of thioether (sulfide) groups is 1. The van der Waals surface area contributed by atoms with E-state index in [-0.39, 0.29) is 24.2 Å². The smallest absolute Gasteiger partial charge is 0.266 e. The molecule has 0 atom stereocenters. The zero-order valence-corrected chi connectivity index (χ0v) is 21.4. The van der Waals surface area contributed by atoms with Crippen LogP contribution in [0.1, 0.15) is 5.76 Å². The SMILES string of the molecule is O=C(CN1C(=O)/C(=C/c2ccc(-c3ccc(Cl)cc3)o2)SC1=S)N1CCN(c2ccccc2F)CC1. The van der Waals surface area contributed by atoms with Gasteiger partial charge in [0.1, 0.15) is 28.2 Å². The van der Waals surface area contributed by atoms with E-state index in [9.17, 15) is 14.0 Å². The van der Waals surface area contributed by atoms with E-state index in [1.54, 1.807) is 47.4 Å². The second-order valence-corrected chi connectivity index (χ2v) is 10.4.